The Morgan fingerprint density at radius 2 is 1.89 bits per heavy atom. The van der Waals surface area contributed by atoms with E-state index in [2.05, 4.69) is 22.6 Å². The minimum atomic E-state index is 0.0137. The number of ether oxygens (including phenoxy) is 1. The Kier molecular flexibility index (Phi) is 4.29. The summed E-state index contributed by atoms with van der Waals surface area (Å²) in [5, 5.41) is 0. The number of hydrogen-bond acceptors (Lipinski definition) is 2. The average molecular weight is 369 g/mol. The van der Waals surface area contributed by atoms with Crippen LogP contribution >= 0.6 is 22.6 Å². The third-order valence-electron chi connectivity index (χ3n) is 3.26. The number of rotatable bonds is 4. The van der Waals surface area contributed by atoms with E-state index in [1.807, 2.05) is 55.8 Å². The Labute approximate surface area is 126 Å². The predicted octanol–water partition coefficient (Wildman–Crippen LogP) is 3.51. The highest BCUT2D eigenvalue weighted by Crippen LogP contribution is 2.16. The van der Waals surface area contributed by atoms with Crippen molar-refractivity contribution in [3.63, 3.8) is 0 Å². The molecule has 100 valence electrons. The minimum absolute atomic E-state index is 0.0137. The number of carbonyl (C=O) groups excluding carboxylic acids is 1. The number of Topliss-reactive ketones (excluding diaryl/α,β-unsaturated/α-hetero) is 1. The molecule has 0 fully saturated rings. The van der Waals surface area contributed by atoms with Gasteiger partial charge in [-0.2, -0.15) is 0 Å². The monoisotopic (exact) mass is 369 g/mol. The summed E-state index contributed by atoms with van der Waals surface area (Å²) < 4.78 is 8.68. The molecular formula is C15H16INO2. The largest absolute Gasteiger partial charge is 0.485 e. The second-order valence-electron chi connectivity index (χ2n) is 4.51. The van der Waals surface area contributed by atoms with E-state index >= 15 is 0 Å². The van der Waals surface area contributed by atoms with E-state index < -0.39 is 0 Å². The lowest BCUT2D eigenvalue weighted by Crippen LogP contribution is -2.12. The fourth-order valence-electron chi connectivity index (χ4n) is 1.90. The molecule has 0 aliphatic rings. The standard InChI is InChI=1S/C15H16INO2/c1-10-8-14(11(2)17(10)3)15(18)9-19-13-6-4-12(16)5-7-13/h4-8H,9H2,1-3H3. The average Bonchev–Trinajstić information content (AvgIpc) is 2.65. The van der Waals surface area contributed by atoms with Crippen LogP contribution in [0.5, 0.6) is 5.75 Å². The van der Waals surface area contributed by atoms with Gasteiger partial charge in [-0.3, -0.25) is 4.79 Å². The van der Waals surface area contributed by atoms with Crippen LogP contribution in [0.15, 0.2) is 30.3 Å². The number of nitrogens with zero attached hydrogens (tertiary/aromatic N) is 1. The van der Waals surface area contributed by atoms with Gasteiger partial charge in [0.05, 0.1) is 0 Å². The molecule has 19 heavy (non-hydrogen) atoms. The van der Waals surface area contributed by atoms with Crippen LogP contribution in [-0.2, 0) is 7.05 Å². The molecule has 2 rings (SSSR count). The normalized spacial score (nSPS) is 10.5. The number of ketones is 1. The van der Waals surface area contributed by atoms with E-state index in [9.17, 15) is 4.79 Å². The van der Waals surface area contributed by atoms with Gasteiger partial charge in [0, 0.05) is 27.6 Å². The van der Waals surface area contributed by atoms with Crippen molar-refractivity contribution in [2.45, 2.75) is 13.8 Å². The lowest BCUT2D eigenvalue weighted by Gasteiger charge is -2.06. The van der Waals surface area contributed by atoms with Crippen LogP contribution in [0.25, 0.3) is 0 Å². The molecule has 0 atom stereocenters. The van der Waals surface area contributed by atoms with E-state index in [0.29, 0.717) is 0 Å². The van der Waals surface area contributed by atoms with E-state index in [0.717, 1.165) is 26.3 Å². The van der Waals surface area contributed by atoms with Crippen molar-refractivity contribution in [3.05, 3.63) is 50.9 Å². The number of carbonyl (C=O) groups is 1. The van der Waals surface area contributed by atoms with Gasteiger partial charge in [0.25, 0.3) is 0 Å². The second-order valence-corrected chi connectivity index (χ2v) is 5.76. The highest BCUT2D eigenvalue weighted by molar-refractivity contribution is 14.1. The van der Waals surface area contributed by atoms with Gasteiger partial charge in [-0.1, -0.05) is 0 Å². The Morgan fingerprint density at radius 3 is 2.42 bits per heavy atom. The number of halogens is 1. The summed E-state index contributed by atoms with van der Waals surface area (Å²) in [6.07, 6.45) is 0. The molecule has 0 saturated heterocycles. The summed E-state index contributed by atoms with van der Waals surface area (Å²) >= 11 is 2.23. The lowest BCUT2D eigenvalue weighted by atomic mass is 10.1. The van der Waals surface area contributed by atoms with Crippen molar-refractivity contribution in [2.75, 3.05) is 6.61 Å². The smallest absolute Gasteiger partial charge is 0.202 e. The molecule has 0 saturated carbocycles. The molecule has 0 aliphatic carbocycles. The quantitative estimate of drug-likeness (QED) is 0.610. The van der Waals surface area contributed by atoms with Crippen LogP contribution in [0.4, 0.5) is 0 Å². The zero-order chi connectivity index (χ0) is 14.0. The maximum atomic E-state index is 12.1. The molecule has 0 unspecified atom stereocenters. The van der Waals surface area contributed by atoms with Crippen molar-refractivity contribution in [1.82, 2.24) is 4.57 Å². The molecule has 0 spiro atoms. The van der Waals surface area contributed by atoms with Crippen molar-refractivity contribution in [1.29, 1.82) is 0 Å². The molecule has 1 aromatic heterocycles. The summed E-state index contributed by atoms with van der Waals surface area (Å²) in [5.41, 5.74) is 2.80. The maximum Gasteiger partial charge on any atom is 0.202 e. The molecule has 0 bridgehead atoms. The summed E-state index contributed by atoms with van der Waals surface area (Å²) in [5.74, 6) is 0.735. The first-order valence-corrected chi connectivity index (χ1v) is 7.11. The maximum absolute atomic E-state index is 12.1. The van der Waals surface area contributed by atoms with Crippen LogP contribution < -0.4 is 4.74 Å². The molecule has 0 amide bonds. The number of aryl methyl sites for hydroxylation is 1. The summed E-state index contributed by atoms with van der Waals surface area (Å²) in [6.45, 7) is 4.01. The zero-order valence-corrected chi connectivity index (χ0v) is 13.4. The van der Waals surface area contributed by atoms with Gasteiger partial charge in [0.1, 0.15) is 5.75 Å². The third-order valence-corrected chi connectivity index (χ3v) is 3.98. The van der Waals surface area contributed by atoms with Gasteiger partial charge in [-0.25, -0.2) is 0 Å². The molecule has 2 aromatic rings. The van der Waals surface area contributed by atoms with Gasteiger partial charge in [0.2, 0.25) is 5.78 Å². The third kappa shape index (κ3) is 3.18. The van der Waals surface area contributed by atoms with E-state index in [1.54, 1.807) is 0 Å². The number of aromatic nitrogens is 1. The molecule has 0 N–H and O–H groups in total. The van der Waals surface area contributed by atoms with Gasteiger partial charge in [-0.05, 0) is 66.8 Å². The second kappa shape index (κ2) is 5.77. The van der Waals surface area contributed by atoms with Crippen LogP contribution in [0.3, 0.4) is 0 Å². The molecular weight excluding hydrogens is 353 g/mol. The van der Waals surface area contributed by atoms with Crippen molar-refractivity contribution in [2.24, 2.45) is 7.05 Å². The zero-order valence-electron chi connectivity index (χ0n) is 11.2. The van der Waals surface area contributed by atoms with Gasteiger partial charge in [0.15, 0.2) is 6.61 Å². The van der Waals surface area contributed by atoms with E-state index in [1.165, 1.54) is 0 Å². The molecule has 4 heteroatoms. The number of benzene rings is 1. The van der Waals surface area contributed by atoms with E-state index in [-0.39, 0.29) is 12.4 Å². The topological polar surface area (TPSA) is 31.2 Å². The first-order chi connectivity index (χ1) is 8.99. The molecule has 0 radical (unpaired) electrons. The molecule has 1 aromatic carbocycles. The number of hydrogen-bond donors (Lipinski definition) is 0. The highest BCUT2D eigenvalue weighted by atomic mass is 127. The summed E-state index contributed by atoms with van der Waals surface area (Å²) in [6, 6.07) is 9.57. The first-order valence-electron chi connectivity index (χ1n) is 6.03. The predicted molar refractivity (Wildman–Crippen MR) is 83.9 cm³/mol. The Morgan fingerprint density at radius 1 is 1.26 bits per heavy atom. The van der Waals surface area contributed by atoms with Crippen molar-refractivity contribution < 1.29 is 9.53 Å². The SMILES string of the molecule is Cc1cc(C(=O)COc2ccc(I)cc2)c(C)n1C. The fraction of sp³-hybridized carbons (Fsp3) is 0.267. The minimum Gasteiger partial charge on any atom is -0.485 e. The molecule has 3 nitrogen and oxygen atoms in total. The lowest BCUT2D eigenvalue weighted by molar-refractivity contribution is 0.0921. The van der Waals surface area contributed by atoms with Gasteiger partial charge >= 0.3 is 0 Å². The Bertz CT molecular complexity index is 599. The van der Waals surface area contributed by atoms with Crippen LogP contribution in [0.1, 0.15) is 21.7 Å². The Hall–Kier alpha value is -1.30. The van der Waals surface area contributed by atoms with Crippen LogP contribution in [0.2, 0.25) is 0 Å². The summed E-state index contributed by atoms with van der Waals surface area (Å²) in [4.78, 5) is 12.1. The summed E-state index contributed by atoms with van der Waals surface area (Å²) in [7, 11) is 1.96. The van der Waals surface area contributed by atoms with Crippen molar-refractivity contribution >= 4 is 28.4 Å². The van der Waals surface area contributed by atoms with Crippen LogP contribution in [-0.4, -0.2) is 17.0 Å². The molecule has 0 aliphatic heterocycles. The Balaban J connectivity index is 2.05. The fourth-order valence-corrected chi connectivity index (χ4v) is 2.25. The van der Waals surface area contributed by atoms with Gasteiger partial charge in [-0.15, -0.1) is 0 Å². The van der Waals surface area contributed by atoms with Gasteiger partial charge < -0.3 is 9.30 Å². The van der Waals surface area contributed by atoms with Crippen LogP contribution in [0, 0.1) is 17.4 Å². The first kappa shape index (κ1) is 14.1. The highest BCUT2D eigenvalue weighted by Gasteiger charge is 2.14. The molecule has 1 heterocycles. The van der Waals surface area contributed by atoms with Crippen molar-refractivity contribution in [3.8, 4) is 5.75 Å². The van der Waals surface area contributed by atoms with E-state index in [4.69, 9.17) is 4.74 Å².